The number of benzene rings is 1. The van der Waals surface area contributed by atoms with Gasteiger partial charge in [0.05, 0.1) is 24.2 Å². The summed E-state index contributed by atoms with van der Waals surface area (Å²) in [7, 11) is 0. The van der Waals surface area contributed by atoms with Crippen LogP contribution in [-0.4, -0.2) is 52.2 Å². The molecule has 1 N–H and O–H groups in total. The monoisotopic (exact) mass is 384 g/mol. The second-order valence-electron chi connectivity index (χ2n) is 7.98. The van der Waals surface area contributed by atoms with Crippen LogP contribution >= 0.6 is 0 Å². The normalized spacial score (nSPS) is 20.4. The predicted octanol–water partition coefficient (Wildman–Crippen LogP) is 3.59. The number of amides is 1. The van der Waals surface area contributed by atoms with E-state index in [4.69, 9.17) is 9.72 Å². The first-order valence-corrected chi connectivity index (χ1v) is 10.8. The van der Waals surface area contributed by atoms with Crippen molar-refractivity contribution in [3.05, 3.63) is 24.0 Å². The van der Waals surface area contributed by atoms with E-state index in [0.29, 0.717) is 0 Å². The van der Waals surface area contributed by atoms with Crippen molar-refractivity contribution in [1.29, 1.82) is 0 Å². The van der Waals surface area contributed by atoms with E-state index >= 15 is 0 Å². The number of fused-ring (bicyclic) bond motifs is 1. The van der Waals surface area contributed by atoms with E-state index in [0.717, 1.165) is 87.5 Å². The topological polar surface area (TPSA) is 59.4 Å². The highest BCUT2D eigenvalue weighted by molar-refractivity contribution is 5.99. The number of ether oxygens (including phenoxy) is 1. The second kappa shape index (κ2) is 8.21. The van der Waals surface area contributed by atoms with Gasteiger partial charge in [-0.15, -0.1) is 0 Å². The van der Waals surface area contributed by atoms with E-state index < -0.39 is 5.54 Å². The van der Waals surface area contributed by atoms with Gasteiger partial charge in [-0.1, -0.05) is 26.2 Å². The van der Waals surface area contributed by atoms with Gasteiger partial charge in [0.25, 0.3) is 0 Å². The minimum absolute atomic E-state index is 0.138. The molecule has 0 radical (unpaired) electrons. The SMILES string of the molecule is CCc1nc2cc(NC(=O)C3(N4CCOCC4)CCCCC3)ccc2n1CC. The highest BCUT2D eigenvalue weighted by atomic mass is 16.5. The molecule has 28 heavy (non-hydrogen) atoms. The summed E-state index contributed by atoms with van der Waals surface area (Å²) >= 11 is 0. The third-order valence-electron chi connectivity index (χ3n) is 6.44. The van der Waals surface area contributed by atoms with Crippen molar-refractivity contribution in [2.24, 2.45) is 0 Å². The molecule has 0 bridgehead atoms. The van der Waals surface area contributed by atoms with E-state index in [1.54, 1.807) is 0 Å². The number of hydrogen-bond acceptors (Lipinski definition) is 4. The van der Waals surface area contributed by atoms with Crippen LogP contribution in [-0.2, 0) is 22.5 Å². The third-order valence-corrected chi connectivity index (χ3v) is 6.44. The molecule has 0 unspecified atom stereocenters. The molecule has 1 aliphatic carbocycles. The lowest BCUT2D eigenvalue weighted by atomic mass is 9.79. The van der Waals surface area contributed by atoms with Gasteiger partial charge in [-0.05, 0) is 38.0 Å². The van der Waals surface area contributed by atoms with Gasteiger partial charge in [-0.2, -0.15) is 0 Å². The molecular formula is C22H32N4O2. The Morgan fingerprint density at radius 1 is 1.18 bits per heavy atom. The number of imidazole rings is 1. The second-order valence-corrected chi connectivity index (χ2v) is 7.98. The first kappa shape index (κ1) is 19.4. The fourth-order valence-corrected chi connectivity index (χ4v) is 4.94. The number of anilines is 1. The zero-order chi connectivity index (χ0) is 19.6. The van der Waals surface area contributed by atoms with Gasteiger partial charge in [0, 0.05) is 31.7 Å². The van der Waals surface area contributed by atoms with Gasteiger partial charge < -0.3 is 14.6 Å². The quantitative estimate of drug-likeness (QED) is 0.856. The lowest BCUT2D eigenvalue weighted by Gasteiger charge is -2.46. The van der Waals surface area contributed by atoms with Crippen molar-refractivity contribution in [3.8, 4) is 0 Å². The Morgan fingerprint density at radius 2 is 1.93 bits per heavy atom. The fourth-order valence-electron chi connectivity index (χ4n) is 4.94. The molecule has 6 heteroatoms. The Kier molecular flexibility index (Phi) is 5.69. The summed E-state index contributed by atoms with van der Waals surface area (Å²) in [5, 5.41) is 3.24. The molecule has 0 spiro atoms. The average Bonchev–Trinajstić information content (AvgIpc) is 3.11. The third kappa shape index (κ3) is 3.44. The molecule has 1 amide bonds. The summed E-state index contributed by atoms with van der Waals surface area (Å²) < 4.78 is 7.78. The van der Waals surface area contributed by atoms with Crippen LogP contribution in [0.4, 0.5) is 5.69 Å². The van der Waals surface area contributed by atoms with Crippen LogP contribution in [0.2, 0.25) is 0 Å². The van der Waals surface area contributed by atoms with Gasteiger partial charge in [0.1, 0.15) is 11.4 Å². The largest absolute Gasteiger partial charge is 0.379 e. The first-order chi connectivity index (χ1) is 13.7. The van der Waals surface area contributed by atoms with Crippen LogP contribution in [0.3, 0.4) is 0 Å². The van der Waals surface area contributed by atoms with Crippen LogP contribution < -0.4 is 5.32 Å². The molecular weight excluding hydrogens is 352 g/mol. The van der Waals surface area contributed by atoms with E-state index in [2.05, 4.69) is 34.7 Å². The molecule has 1 saturated heterocycles. The van der Waals surface area contributed by atoms with Gasteiger partial charge in [0.15, 0.2) is 0 Å². The molecule has 1 aromatic carbocycles. The number of rotatable bonds is 5. The van der Waals surface area contributed by atoms with Crippen molar-refractivity contribution < 1.29 is 9.53 Å². The first-order valence-electron chi connectivity index (χ1n) is 10.8. The van der Waals surface area contributed by atoms with Gasteiger partial charge in [0.2, 0.25) is 5.91 Å². The summed E-state index contributed by atoms with van der Waals surface area (Å²) in [5.74, 6) is 1.23. The Bertz CT molecular complexity index is 832. The van der Waals surface area contributed by atoms with Crippen LogP contribution in [0.25, 0.3) is 11.0 Å². The standard InChI is InChI=1S/C22H32N4O2/c1-3-20-24-18-16-17(8-9-19(18)26(20)4-2)23-21(27)22(10-6-5-7-11-22)25-12-14-28-15-13-25/h8-9,16H,3-7,10-15H2,1-2H3,(H,23,27). The number of carbonyl (C=O) groups is 1. The van der Waals surface area contributed by atoms with Gasteiger partial charge in [-0.25, -0.2) is 4.98 Å². The molecule has 4 rings (SSSR count). The molecule has 2 fully saturated rings. The number of carbonyl (C=O) groups excluding carboxylic acids is 1. The highest BCUT2D eigenvalue weighted by Crippen LogP contribution is 2.35. The number of morpholine rings is 1. The molecule has 152 valence electrons. The van der Waals surface area contributed by atoms with E-state index in [1.165, 1.54) is 6.42 Å². The minimum atomic E-state index is -0.394. The Hall–Kier alpha value is -1.92. The van der Waals surface area contributed by atoms with Crippen LogP contribution in [0.15, 0.2) is 18.2 Å². The maximum Gasteiger partial charge on any atom is 0.244 e. The van der Waals surface area contributed by atoms with Gasteiger partial charge in [-0.3, -0.25) is 9.69 Å². The Labute approximate surface area is 167 Å². The zero-order valence-electron chi connectivity index (χ0n) is 17.2. The summed E-state index contributed by atoms with van der Waals surface area (Å²) in [6.07, 6.45) is 6.23. The predicted molar refractivity (Wildman–Crippen MR) is 112 cm³/mol. The maximum absolute atomic E-state index is 13.5. The maximum atomic E-state index is 13.5. The highest BCUT2D eigenvalue weighted by Gasteiger charge is 2.45. The van der Waals surface area contributed by atoms with E-state index in [-0.39, 0.29) is 5.91 Å². The minimum Gasteiger partial charge on any atom is -0.379 e. The average molecular weight is 385 g/mol. The molecule has 6 nitrogen and oxygen atoms in total. The number of nitrogens with one attached hydrogen (secondary N) is 1. The Balaban J connectivity index is 1.60. The molecule has 1 aromatic heterocycles. The van der Waals surface area contributed by atoms with E-state index in [1.807, 2.05) is 12.1 Å². The van der Waals surface area contributed by atoms with Crippen LogP contribution in [0.1, 0.15) is 51.8 Å². The molecule has 1 saturated carbocycles. The van der Waals surface area contributed by atoms with Crippen molar-refractivity contribution in [3.63, 3.8) is 0 Å². The smallest absolute Gasteiger partial charge is 0.244 e. The number of nitrogens with zero attached hydrogens (tertiary/aromatic N) is 3. The summed E-state index contributed by atoms with van der Waals surface area (Å²) in [4.78, 5) is 20.6. The molecule has 2 aliphatic rings. The van der Waals surface area contributed by atoms with E-state index in [9.17, 15) is 4.79 Å². The molecule has 2 heterocycles. The molecule has 2 aromatic rings. The van der Waals surface area contributed by atoms with Crippen molar-refractivity contribution >= 4 is 22.6 Å². The van der Waals surface area contributed by atoms with Crippen LogP contribution in [0.5, 0.6) is 0 Å². The number of aromatic nitrogens is 2. The number of aryl methyl sites for hydroxylation is 2. The molecule has 0 atom stereocenters. The lowest BCUT2D eigenvalue weighted by Crippen LogP contribution is -2.60. The van der Waals surface area contributed by atoms with Crippen molar-refractivity contribution in [2.75, 3.05) is 31.6 Å². The fraction of sp³-hybridized carbons (Fsp3) is 0.636. The zero-order valence-corrected chi connectivity index (χ0v) is 17.2. The number of hydrogen-bond donors (Lipinski definition) is 1. The molecule has 1 aliphatic heterocycles. The van der Waals surface area contributed by atoms with Gasteiger partial charge >= 0.3 is 0 Å². The summed E-state index contributed by atoms with van der Waals surface area (Å²) in [6, 6.07) is 6.13. The van der Waals surface area contributed by atoms with Crippen molar-refractivity contribution in [2.45, 2.75) is 64.5 Å². The summed E-state index contributed by atoms with van der Waals surface area (Å²) in [5.41, 5.74) is 2.55. The van der Waals surface area contributed by atoms with Crippen LogP contribution in [0, 0.1) is 0 Å². The lowest BCUT2D eigenvalue weighted by molar-refractivity contribution is -0.134. The Morgan fingerprint density at radius 3 is 2.61 bits per heavy atom. The summed E-state index contributed by atoms with van der Waals surface area (Å²) in [6.45, 7) is 8.30. The van der Waals surface area contributed by atoms with Crippen molar-refractivity contribution in [1.82, 2.24) is 14.5 Å².